The third-order valence-electron chi connectivity index (χ3n) is 3.67. The Kier molecular flexibility index (Phi) is 5.45. The maximum absolute atomic E-state index is 12.9. The fraction of sp³-hybridized carbons (Fsp3) is 0.353. The lowest BCUT2D eigenvalue weighted by Crippen LogP contribution is -2.24. The molecule has 3 rings (SSSR count). The molecule has 0 spiro atoms. The summed E-state index contributed by atoms with van der Waals surface area (Å²) < 4.78 is 42.8. The van der Waals surface area contributed by atoms with Crippen LogP contribution in [0.3, 0.4) is 0 Å². The number of benzene rings is 1. The molecule has 0 radical (unpaired) electrons. The minimum Gasteiger partial charge on any atom is -0.484 e. The third kappa shape index (κ3) is 4.44. The van der Waals surface area contributed by atoms with Crippen molar-refractivity contribution in [1.29, 1.82) is 0 Å². The fourth-order valence-electron chi connectivity index (χ4n) is 2.51. The number of halogens is 3. The molecular formula is C17H16F3N3O3S. The lowest BCUT2D eigenvalue weighted by atomic mass is 10.2. The van der Waals surface area contributed by atoms with Crippen molar-refractivity contribution in [3.8, 4) is 11.4 Å². The predicted octanol–water partition coefficient (Wildman–Crippen LogP) is 3.17. The molecular weight excluding hydrogens is 383 g/mol. The minimum absolute atomic E-state index is 0.0397. The van der Waals surface area contributed by atoms with Gasteiger partial charge in [-0.25, -0.2) is 4.98 Å². The van der Waals surface area contributed by atoms with E-state index in [4.69, 9.17) is 0 Å². The number of amides is 1. The highest BCUT2D eigenvalue weighted by molar-refractivity contribution is 7.99. The highest BCUT2D eigenvalue weighted by Crippen LogP contribution is 2.26. The highest BCUT2D eigenvalue weighted by Gasteiger charge is 2.29. The summed E-state index contributed by atoms with van der Waals surface area (Å²) in [5.41, 5.74) is 0.340. The number of hydrogen-bond donors (Lipinski definition) is 1. The predicted molar refractivity (Wildman–Crippen MR) is 94.7 cm³/mol. The molecule has 1 N–H and O–H groups in total. The first-order chi connectivity index (χ1) is 12.8. The molecule has 1 aliphatic rings. The Hall–Kier alpha value is -2.49. The molecule has 0 unspecified atom stereocenters. The van der Waals surface area contributed by atoms with Crippen molar-refractivity contribution in [3.63, 3.8) is 0 Å². The van der Waals surface area contributed by atoms with Crippen molar-refractivity contribution in [2.24, 2.45) is 0 Å². The number of carbonyl (C=O) groups is 1. The summed E-state index contributed by atoms with van der Waals surface area (Å²) in [6.45, 7) is 0.593. The van der Waals surface area contributed by atoms with E-state index in [2.05, 4.69) is 15.0 Å². The molecule has 144 valence electrons. The van der Waals surface area contributed by atoms with E-state index in [9.17, 15) is 22.8 Å². The van der Waals surface area contributed by atoms with Crippen LogP contribution in [0, 0.1) is 0 Å². The monoisotopic (exact) mass is 399 g/mol. The van der Waals surface area contributed by atoms with Crippen molar-refractivity contribution in [1.82, 2.24) is 9.55 Å². The Morgan fingerprint density at radius 2 is 1.96 bits per heavy atom. The molecule has 1 amide bonds. The zero-order chi connectivity index (χ0) is 19.6. The zero-order valence-corrected chi connectivity index (χ0v) is 15.1. The van der Waals surface area contributed by atoms with Gasteiger partial charge < -0.3 is 10.1 Å². The van der Waals surface area contributed by atoms with Gasteiger partial charge in [-0.3, -0.25) is 14.2 Å². The van der Waals surface area contributed by atoms with Gasteiger partial charge in [-0.1, -0.05) is 18.7 Å². The summed E-state index contributed by atoms with van der Waals surface area (Å²) in [7, 11) is 0. The van der Waals surface area contributed by atoms with Crippen LogP contribution >= 0.6 is 11.8 Å². The lowest BCUT2D eigenvalue weighted by Gasteiger charge is -2.14. The van der Waals surface area contributed by atoms with Gasteiger partial charge in [0, 0.05) is 5.75 Å². The van der Waals surface area contributed by atoms with Crippen LogP contribution in [0.5, 0.6) is 5.75 Å². The highest BCUT2D eigenvalue weighted by atomic mass is 32.2. The van der Waals surface area contributed by atoms with Crippen molar-refractivity contribution in [3.05, 3.63) is 40.2 Å². The number of anilines is 1. The van der Waals surface area contributed by atoms with Gasteiger partial charge >= 0.3 is 6.18 Å². The van der Waals surface area contributed by atoms with Crippen LogP contribution in [-0.4, -0.2) is 34.0 Å². The first-order valence-electron chi connectivity index (χ1n) is 8.17. The molecule has 2 heterocycles. The van der Waals surface area contributed by atoms with E-state index in [1.54, 1.807) is 0 Å². The van der Waals surface area contributed by atoms with Gasteiger partial charge in [0.2, 0.25) is 5.91 Å². The van der Waals surface area contributed by atoms with Crippen molar-refractivity contribution in [2.75, 3.05) is 17.7 Å². The summed E-state index contributed by atoms with van der Waals surface area (Å²) in [5.74, 6) is 0.726. The number of thioether (sulfide) groups is 1. The number of carbonyl (C=O) groups excluding carboxylic acids is 1. The second-order valence-electron chi connectivity index (χ2n) is 5.83. The number of alkyl halides is 3. The van der Waals surface area contributed by atoms with Crippen molar-refractivity contribution >= 4 is 23.5 Å². The SMILES string of the molecule is CCCSc1nc2c(c(=O)n1-c1ccc(OCC(F)(F)F)cc1)CC(=O)N2. The van der Waals surface area contributed by atoms with Crippen LogP contribution in [0.15, 0.2) is 34.2 Å². The molecule has 2 aromatic rings. The van der Waals surface area contributed by atoms with E-state index >= 15 is 0 Å². The molecule has 6 nitrogen and oxygen atoms in total. The number of hydrogen-bond acceptors (Lipinski definition) is 5. The Morgan fingerprint density at radius 1 is 1.26 bits per heavy atom. The molecule has 0 bridgehead atoms. The molecule has 27 heavy (non-hydrogen) atoms. The van der Waals surface area contributed by atoms with E-state index in [0.29, 0.717) is 16.6 Å². The summed E-state index contributed by atoms with van der Waals surface area (Å²) in [6, 6.07) is 5.69. The number of nitrogens with zero attached hydrogens (tertiary/aromatic N) is 2. The second-order valence-corrected chi connectivity index (χ2v) is 6.90. The molecule has 0 atom stereocenters. The number of nitrogens with one attached hydrogen (secondary N) is 1. The third-order valence-corrected chi connectivity index (χ3v) is 4.82. The van der Waals surface area contributed by atoms with Crippen molar-refractivity contribution in [2.45, 2.75) is 31.1 Å². The Balaban J connectivity index is 1.96. The molecule has 10 heteroatoms. The van der Waals surface area contributed by atoms with E-state index in [1.807, 2.05) is 6.92 Å². The minimum atomic E-state index is -4.43. The first-order valence-corrected chi connectivity index (χ1v) is 9.15. The van der Waals surface area contributed by atoms with Gasteiger partial charge in [-0.05, 0) is 30.7 Å². The molecule has 0 fully saturated rings. The van der Waals surface area contributed by atoms with Crippen LogP contribution in [0.25, 0.3) is 5.69 Å². The normalized spacial score (nSPS) is 13.4. The molecule has 0 saturated heterocycles. The van der Waals surface area contributed by atoms with Gasteiger partial charge in [0.05, 0.1) is 17.7 Å². The van der Waals surface area contributed by atoms with Gasteiger partial charge in [0.15, 0.2) is 11.8 Å². The molecule has 1 aromatic carbocycles. The van der Waals surface area contributed by atoms with Crippen LogP contribution < -0.4 is 15.6 Å². The summed E-state index contributed by atoms with van der Waals surface area (Å²) in [6.07, 6.45) is -3.62. The van der Waals surface area contributed by atoms with E-state index in [0.717, 1.165) is 6.42 Å². The summed E-state index contributed by atoms with van der Waals surface area (Å²) >= 11 is 1.36. The fourth-order valence-corrected chi connectivity index (χ4v) is 3.37. The number of fused-ring (bicyclic) bond motifs is 1. The first kappa shape index (κ1) is 19.3. The van der Waals surface area contributed by atoms with Crippen LogP contribution in [-0.2, 0) is 11.2 Å². The average Bonchev–Trinajstić information content (AvgIpc) is 2.99. The molecule has 1 aliphatic heterocycles. The molecule has 0 saturated carbocycles. The van der Waals surface area contributed by atoms with E-state index in [-0.39, 0.29) is 35.0 Å². The lowest BCUT2D eigenvalue weighted by molar-refractivity contribution is -0.153. The van der Waals surface area contributed by atoms with Crippen LogP contribution in [0.4, 0.5) is 19.0 Å². The zero-order valence-electron chi connectivity index (χ0n) is 14.3. The average molecular weight is 399 g/mol. The topological polar surface area (TPSA) is 73.2 Å². The smallest absolute Gasteiger partial charge is 0.422 e. The van der Waals surface area contributed by atoms with Crippen LogP contribution in [0.2, 0.25) is 0 Å². The van der Waals surface area contributed by atoms with Crippen LogP contribution in [0.1, 0.15) is 18.9 Å². The second kappa shape index (κ2) is 7.63. The maximum atomic E-state index is 12.9. The van der Waals surface area contributed by atoms with E-state index in [1.165, 1.54) is 40.6 Å². The summed E-state index contributed by atoms with van der Waals surface area (Å²) in [4.78, 5) is 28.9. The largest absolute Gasteiger partial charge is 0.484 e. The Morgan fingerprint density at radius 3 is 2.59 bits per heavy atom. The molecule has 1 aromatic heterocycles. The number of ether oxygens (including phenoxy) is 1. The van der Waals surface area contributed by atoms with E-state index < -0.39 is 12.8 Å². The quantitative estimate of drug-likeness (QED) is 0.597. The van der Waals surface area contributed by atoms with Gasteiger partial charge in [-0.2, -0.15) is 13.2 Å². The van der Waals surface area contributed by atoms with Gasteiger partial charge in [0.25, 0.3) is 5.56 Å². The van der Waals surface area contributed by atoms with Gasteiger partial charge in [0.1, 0.15) is 11.6 Å². The van der Waals surface area contributed by atoms with Gasteiger partial charge in [-0.15, -0.1) is 0 Å². The standard InChI is InChI=1S/C17H16F3N3O3S/c1-2-7-27-16-22-14-12(8-13(24)21-14)15(25)23(16)10-3-5-11(6-4-10)26-9-17(18,19)20/h3-6H,2,7-9H2,1H3,(H,21,24). The Labute approximate surface area is 156 Å². The number of aromatic nitrogens is 2. The summed E-state index contributed by atoms with van der Waals surface area (Å²) in [5, 5.41) is 2.98. The molecule has 0 aliphatic carbocycles. The maximum Gasteiger partial charge on any atom is 0.422 e. The Bertz CT molecular complexity index is 911. The van der Waals surface area contributed by atoms with Crippen molar-refractivity contribution < 1.29 is 22.7 Å². The number of rotatable bonds is 6.